The molecule has 74 valence electrons. The molecular weight excluding hydrogens is 176 g/mol. The van der Waals surface area contributed by atoms with E-state index in [1.165, 1.54) is 0 Å². The summed E-state index contributed by atoms with van der Waals surface area (Å²) in [7, 11) is 0. The summed E-state index contributed by atoms with van der Waals surface area (Å²) in [5.74, 6) is 4.20. The van der Waals surface area contributed by atoms with Gasteiger partial charge in [0.2, 0.25) is 0 Å². The Morgan fingerprint density at radius 3 is 2.79 bits per heavy atom. The second-order valence-corrected chi connectivity index (χ2v) is 3.75. The molecule has 0 aliphatic heterocycles. The lowest BCUT2D eigenvalue weighted by atomic mass is 9.76. The molecule has 0 heterocycles. The maximum Gasteiger partial charge on any atom is 0.322 e. The molecule has 1 aliphatic carbocycles. The highest BCUT2D eigenvalue weighted by molar-refractivity contribution is 5.79. The molecule has 0 unspecified atom stereocenters. The van der Waals surface area contributed by atoms with Gasteiger partial charge in [-0.25, -0.2) is 0 Å². The first-order valence-electron chi connectivity index (χ1n) is 4.82. The molecule has 0 aromatic rings. The molecular formula is C12H14O2. The monoisotopic (exact) mass is 190 g/mol. The number of hydrogen-bond donors (Lipinski definition) is 1. The smallest absolute Gasteiger partial charge is 0.322 e. The first-order chi connectivity index (χ1) is 6.67. The van der Waals surface area contributed by atoms with Crippen LogP contribution in [-0.2, 0) is 4.79 Å². The number of carbonyl (C=O) groups is 1. The van der Waals surface area contributed by atoms with Crippen LogP contribution in [0.2, 0.25) is 0 Å². The fourth-order valence-corrected chi connectivity index (χ4v) is 2.26. The molecule has 0 spiro atoms. The van der Waals surface area contributed by atoms with Crippen molar-refractivity contribution in [3.8, 4) is 24.7 Å². The van der Waals surface area contributed by atoms with Crippen molar-refractivity contribution in [2.45, 2.75) is 32.1 Å². The van der Waals surface area contributed by atoms with Gasteiger partial charge in [0, 0.05) is 6.42 Å². The lowest BCUT2D eigenvalue weighted by molar-refractivity contribution is -0.147. The fraction of sp³-hybridized carbons (Fsp3) is 0.583. The summed E-state index contributed by atoms with van der Waals surface area (Å²) in [5, 5.41) is 9.14. The van der Waals surface area contributed by atoms with Crippen LogP contribution in [0.1, 0.15) is 32.1 Å². The summed E-state index contributed by atoms with van der Waals surface area (Å²) < 4.78 is 0. The first-order valence-corrected chi connectivity index (χ1v) is 4.82. The number of hydrogen-bond acceptors (Lipinski definition) is 1. The fourth-order valence-electron chi connectivity index (χ4n) is 2.26. The maximum absolute atomic E-state index is 11.1. The third kappa shape index (κ3) is 1.61. The second kappa shape index (κ2) is 4.20. The largest absolute Gasteiger partial charge is 0.480 e. The van der Waals surface area contributed by atoms with Crippen LogP contribution in [0.15, 0.2) is 0 Å². The predicted octanol–water partition coefficient (Wildman–Crippen LogP) is 1.90. The minimum Gasteiger partial charge on any atom is -0.480 e. The Hall–Kier alpha value is -1.41. The number of aliphatic carboxylic acids is 1. The van der Waals surface area contributed by atoms with Gasteiger partial charge < -0.3 is 5.11 Å². The molecule has 1 fully saturated rings. The average molecular weight is 190 g/mol. The van der Waals surface area contributed by atoms with E-state index in [1.807, 2.05) is 0 Å². The predicted molar refractivity (Wildman–Crippen MR) is 54.3 cm³/mol. The zero-order valence-electron chi connectivity index (χ0n) is 8.12. The summed E-state index contributed by atoms with van der Waals surface area (Å²) in [6, 6.07) is 0. The molecule has 0 aromatic carbocycles. The molecule has 0 amide bonds. The van der Waals surface area contributed by atoms with Gasteiger partial charge in [-0.15, -0.1) is 18.8 Å². The van der Waals surface area contributed by atoms with Crippen molar-refractivity contribution in [3.05, 3.63) is 0 Å². The summed E-state index contributed by atoms with van der Waals surface area (Å²) in [6.45, 7) is 0. The second-order valence-electron chi connectivity index (χ2n) is 3.75. The molecule has 0 radical (unpaired) electrons. The minimum absolute atomic E-state index is 0.0565. The van der Waals surface area contributed by atoms with Crippen molar-refractivity contribution in [1.29, 1.82) is 0 Å². The standard InChI is InChI=1S/C12H14O2/c1-3-5-7-10-8-6-9-12(10,4-2)11(13)14/h1-2,10H,5-9H2,(H,13,14)/t10-,12-/m0/s1. The quantitative estimate of drug-likeness (QED) is 0.690. The summed E-state index contributed by atoms with van der Waals surface area (Å²) in [6.07, 6.45) is 14.2. The SMILES string of the molecule is C#CCC[C@H]1CCC[C@]1(C#C)C(=O)O. The van der Waals surface area contributed by atoms with Gasteiger partial charge in [0.25, 0.3) is 0 Å². The van der Waals surface area contributed by atoms with E-state index in [-0.39, 0.29) is 5.92 Å². The number of rotatable bonds is 3. The zero-order valence-corrected chi connectivity index (χ0v) is 8.12. The highest BCUT2D eigenvalue weighted by Crippen LogP contribution is 2.45. The highest BCUT2D eigenvalue weighted by Gasteiger charge is 2.47. The average Bonchev–Trinajstić information content (AvgIpc) is 2.58. The molecule has 0 saturated heterocycles. The number of carboxylic acids is 1. The van der Waals surface area contributed by atoms with Crippen LogP contribution < -0.4 is 0 Å². The molecule has 2 nitrogen and oxygen atoms in total. The van der Waals surface area contributed by atoms with Gasteiger partial charge in [-0.1, -0.05) is 12.3 Å². The Bertz CT molecular complexity index is 305. The summed E-state index contributed by atoms with van der Waals surface area (Å²) in [4.78, 5) is 11.1. The van der Waals surface area contributed by atoms with Crippen molar-refractivity contribution in [1.82, 2.24) is 0 Å². The third-order valence-electron chi connectivity index (χ3n) is 3.10. The van der Waals surface area contributed by atoms with Crippen LogP contribution >= 0.6 is 0 Å². The molecule has 0 bridgehead atoms. The van der Waals surface area contributed by atoms with E-state index in [4.69, 9.17) is 18.0 Å². The van der Waals surface area contributed by atoms with Gasteiger partial charge in [-0.3, -0.25) is 4.79 Å². The zero-order chi connectivity index (χ0) is 10.6. The van der Waals surface area contributed by atoms with E-state index in [1.54, 1.807) is 0 Å². The van der Waals surface area contributed by atoms with Crippen LogP contribution in [-0.4, -0.2) is 11.1 Å². The Kier molecular flexibility index (Phi) is 3.20. The van der Waals surface area contributed by atoms with E-state index in [9.17, 15) is 4.79 Å². The van der Waals surface area contributed by atoms with Gasteiger partial charge >= 0.3 is 5.97 Å². The molecule has 14 heavy (non-hydrogen) atoms. The van der Waals surface area contributed by atoms with Crippen molar-refractivity contribution in [3.63, 3.8) is 0 Å². The van der Waals surface area contributed by atoms with E-state index in [0.29, 0.717) is 12.8 Å². The molecule has 1 rings (SSSR count). The normalized spacial score (nSPS) is 30.6. The number of carboxylic acid groups (broad SMARTS) is 1. The van der Waals surface area contributed by atoms with Crippen LogP contribution in [0.5, 0.6) is 0 Å². The molecule has 2 heteroatoms. The third-order valence-corrected chi connectivity index (χ3v) is 3.10. The molecule has 1 aliphatic rings. The van der Waals surface area contributed by atoms with Crippen LogP contribution in [0.3, 0.4) is 0 Å². The van der Waals surface area contributed by atoms with E-state index < -0.39 is 11.4 Å². The Labute approximate surface area is 84.7 Å². The van der Waals surface area contributed by atoms with Gasteiger partial charge in [0.05, 0.1) is 0 Å². The maximum atomic E-state index is 11.1. The van der Waals surface area contributed by atoms with Crippen molar-refractivity contribution in [2.75, 3.05) is 0 Å². The van der Waals surface area contributed by atoms with Crippen molar-refractivity contribution < 1.29 is 9.90 Å². The molecule has 0 aromatic heterocycles. The van der Waals surface area contributed by atoms with Gasteiger partial charge in [-0.05, 0) is 25.2 Å². The van der Waals surface area contributed by atoms with Crippen LogP contribution in [0, 0.1) is 36.0 Å². The first kappa shape index (κ1) is 10.7. The van der Waals surface area contributed by atoms with E-state index in [0.717, 1.165) is 19.3 Å². The lowest BCUT2D eigenvalue weighted by Crippen LogP contribution is -2.33. The van der Waals surface area contributed by atoms with Crippen LogP contribution in [0.4, 0.5) is 0 Å². The highest BCUT2D eigenvalue weighted by atomic mass is 16.4. The van der Waals surface area contributed by atoms with Gasteiger partial charge in [0.15, 0.2) is 0 Å². The van der Waals surface area contributed by atoms with Crippen molar-refractivity contribution in [2.24, 2.45) is 11.3 Å². The van der Waals surface area contributed by atoms with Crippen molar-refractivity contribution >= 4 is 5.97 Å². The summed E-state index contributed by atoms with van der Waals surface area (Å²) in [5.41, 5.74) is -0.948. The number of terminal acetylenes is 2. The van der Waals surface area contributed by atoms with E-state index >= 15 is 0 Å². The molecule has 1 N–H and O–H groups in total. The Morgan fingerprint density at radius 2 is 2.29 bits per heavy atom. The Morgan fingerprint density at radius 1 is 1.57 bits per heavy atom. The minimum atomic E-state index is -0.948. The van der Waals surface area contributed by atoms with Gasteiger partial charge in [-0.2, -0.15) is 0 Å². The van der Waals surface area contributed by atoms with Crippen LogP contribution in [0.25, 0.3) is 0 Å². The van der Waals surface area contributed by atoms with E-state index in [2.05, 4.69) is 11.8 Å². The Balaban J connectivity index is 2.80. The lowest BCUT2D eigenvalue weighted by Gasteiger charge is -2.25. The molecule has 2 atom stereocenters. The topological polar surface area (TPSA) is 37.3 Å². The van der Waals surface area contributed by atoms with Gasteiger partial charge in [0.1, 0.15) is 5.41 Å². The molecule has 1 saturated carbocycles. The summed E-state index contributed by atoms with van der Waals surface area (Å²) >= 11 is 0.